The molecule has 2 aromatic heterocycles. The van der Waals surface area contributed by atoms with E-state index in [1.54, 1.807) is 24.5 Å². The fourth-order valence-electron chi connectivity index (χ4n) is 4.22. The van der Waals surface area contributed by atoms with Crippen LogP contribution in [0.3, 0.4) is 0 Å². The van der Waals surface area contributed by atoms with Gasteiger partial charge in [-0.05, 0) is 62.1 Å². The molecule has 7 nitrogen and oxygen atoms in total. The lowest BCUT2D eigenvalue weighted by atomic mass is 10.0. The zero-order valence-electron chi connectivity index (χ0n) is 17.7. The average molecular weight is 420 g/mol. The highest BCUT2D eigenvalue weighted by Crippen LogP contribution is 2.24. The van der Waals surface area contributed by atoms with Crippen molar-refractivity contribution in [3.05, 3.63) is 70.9 Å². The van der Waals surface area contributed by atoms with Crippen molar-refractivity contribution in [3.8, 4) is 0 Å². The summed E-state index contributed by atoms with van der Waals surface area (Å²) in [5.41, 5.74) is 2.82. The third kappa shape index (κ3) is 5.49. The molecular weight excluding hydrogens is 390 g/mol. The first-order valence-corrected chi connectivity index (χ1v) is 11.0. The number of hydrogen-bond acceptors (Lipinski definition) is 4. The Hall–Kier alpha value is -3.19. The number of nitrogens with one attached hydrogen (secondary N) is 2. The van der Waals surface area contributed by atoms with Gasteiger partial charge in [0.2, 0.25) is 5.91 Å². The molecule has 162 valence electrons. The van der Waals surface area contributed by atoms with E-state index in [2.05, 4.69) is 20.2 Å². The summed E-state index contributed by atoms with van der Waals surface area (Å²) in [6.45, 7) is 3.70. The summed E-state index contributed by atoms with van der Waals surface area (Å²) in [7, 11) is 0. The number of likely N-dealkylation sites (tertiary alicyclic amines) is 1. The molecule has 0 spiro atoms. The average Bonchev–Trinajstić information content (AvgIpc) is 3.14. The van der Waals surface area contributed by atoms with E-state index in [-0.39, 0.29) is 17.6 Å². The maximum Gasteiger partial charge on any atom is 0.326 e. The third-order valence-corrected chi connectivity index (χ3v) is 5.86. The molecule has 1 amide bonds. The minimum absolute atomic E-state index is 0.00651. The molecule has 0 atom stereocenters. The quantitative estimate of drug-likeness (QED) is 0.434. The zero-order chi connectivity index (χ0) is 21.5. The van der Waals surface area contributed by atoms with Gasteiger partial charge in [-0.25, -0.2) is 4.79 Å². The lowest BCUT2D eigenvalue weighted by Gasteiger charge is -2.32. The molecular formula is C24H29N5O2. The number of carbonyl (C=O) groups is 1. The summed E-state index contributed by atoms with van der Waals surface area (Å²) in [5.74, 6) is -0.0751. The molecule has 4 rings (SSSR count). The van der Waals surface area contributed by atoms with Crippen LogP contribution in [0.4, 0.5) is 0 Å². The molecule has 2 N–H and O–H groups in total. The second-order valence-electron chi connectivity index (χ2n) is 8.01. The first-order chi connectivity index (χ1) is 15.2. The summed E-state index contributed by atoms with van der Waals surface area (Å²) in [4.78, 5) is 33.7. The molecule has 1 saturated heterocycles. The van der Waals surface area contributed by atoms with Crippen LogP contribution in [-0.2, 0) is 4.79 Å². The first-order valence-electron chi connectivity index (χ1n) is 11.0. The first kappa shape index (κ1) is 21.1. The topological polar surface area (TPSA) is 83.0 Å². The smallest absolute Gasteiger partial charge is 0.326 e. The minimum atomic E-state index is -0.0751. The van der Waals surface area contributed by atoms with Gasteiger partial charge in [0, 0.05) is 44.1 Å². The number of unbranched alkanes of at least 4 members (excludes halogenated alkanes) is 1. The number of amides is 1. The van der Waals surface area contributed by atoms with E-state index < -0.39 is 0 Å². The molecule has 0 saturated carbocycles. The molecule has 31 heavy (non-hydrogen) atoms. The van der Waals surface area contributed by atoms with Gasteiger partial charge in [0.05, 0.1) is 11.0 Å². The van der Waals surface area contributed by atoms with Crippen molar-refractivity contribution in [1.82, 2.24) is 24.8 Å². The fraction of sp³-hybridized carbons (Fsp3) is 0.375. The van der Waals surface area contributed by atoms with Gasteiger partial charge in [0.25, 0.3) is 0 Å². The minimum Gasteiger partial charge on any atom is -0.353 e. The number of benzene rings is 1. The maximum atomic E-state index is 12.4. The Balaban J connectivity index is 1.15. The molecule has 3 aromatic rings. The molecule has 7 heteroatoms. The standard InChI is InChI=1S/C24H29N5O2/c30-23(10-9-19-6-5-13-25-18-19)26-14-3-4-15-28-16-11-20(12-17-28)29-22-8-2-1-7-21(22)27-24(29)31/h1-2,5-10,13,18,20H,3-4,11-12,14-17H2,(H,26,30)(H,27,31). The van der Waals surface area contributed by atoms with Crippen LogP contribution in [-0.4, -0.2) is 51.5 Å². The Morgan fingerprint density at radius 2 is 2.00 bits per heavy atom. The summed E-state index contributed by atoms with van der Waals surface area (Å²) >= 11 is 0. The van der Waals surface area contributed by atoms with E-state index in [1.165, 1.54) is 0 Å². The summed E-state index contributed by atoms with van der Waals surface area (Å²) in [6, 6.07) is 11.9. The van der Waals surface area contributed by atoms with E-state index >= 15 is 0 Å². The van der Waals surface area contributed by atoms with Crippen molar-refractivity contribution < 1.29 is 4.79 Å². The molecule has 1 aliphatic heterocycles. The van der Waals surface area contributed by atoms with E-state index in [1.807, 2.05) is 41.0 Å². The van der Waals surface area contributed by atoms with E-state index in [0.29, 0.717) is 6.54 Å². The monoisotopic (exact) mass is 419 g/mol. The normalized spacial score (nSPS) is 15.6. The number of aromatic nitrogens is 3. The lowest BCUT2D eigenvalue weighted by Crippen LogP contribution is -2.37. The number of nitrogens with zero attached hydrogens (tertiary/aromatic N) is 3. The molecule has 1 fully saturated rings. The summed E-state index contributed by atoms with van der Waals surface area (Å²) in [5, 5.41) is 2.93. The number of aromatic amines is 1. The van der Waals surface area contributed by atoms with Crippen LogP contribution < -0.4 is 11.0 Å². The van der Waals surface area contributed by atoms with Crippen LogP contribution >= 0.6 is 0 Å². The van der Waals surface area contributed by atoms with Crippen LogP contribution in [0, 0.1) is 0 Å². The summed E-state index contributed by atoms with van der Waals surface area (Å²) < 4.78 is 1.93. The molecule has 0 unspecified atom stereocenters. The summed E-state index contributed by atoms with van der Waals surface area (Å²) in [6.07, 6.45) is 10.7. The Morgan fingerprint density at radius 3 is 2.81 bits per heavy atom. The molecule has 0 aliphatic carbocycles. The Morgan fingerprint density at radius 1 is 1.16 bits per heavy atom. The number of fused-ring (bicyclic) bond motifs is 1. The van der Waals surface area contributed by atoms with Crippen molar-refractivity contribution in [2.75, 3.05) is 26.2 Å². The van der Waals surface area contributed by atoms with Gasteiger partial charge in [-0.2, -0.15) is 0 Å². The SMILES string of the molecule is O=C(C=Cc1cccnc1)NCCCCN1CCC(n2c(=O)[nH]c3ccccc32)CC1. The molecule has 1 aliphatic rings. The van der Waals surface area contributed by atoms with E-state index in [0.717, 1.165) is 61.9 Å². The molecule has 1 aromatic carbocycles. The van der Waals surface area contributed by atoms with Crippen LogP contribution in [0.15, 0.2) is 59.7 Å². The zero-order valence-corrected chi connectivity index (χ0v) is 17.7. The predicted octanol–water partition coefficient (Wildman–Crippen LogP) is 2.97. The van der Waals surface area contributed by atoms with Gasteiger partial charge in [-0.1, -0.05) is 18.2 Å². The fourth-order valence-corrected chi connectivity index (χ4v) is 4.22. The Bertz CT molecular complexity index is 1080. The van der Waals surface area contributed by atoms with Crippen molar-refractivity contribution in [1.29, 1.82) is 0 Å². The lowest BCUT2D eigenvalue weighted by molar-refractivity contribution is -0.116. The number of imidazole rings is 1. The van der Waals surface area contributed by atoms with Gasteiger partial charge < -0.3 is 15.2 Å². The van der Waals surface area contributed by atoms with Gasteiger partial charge in [-0.3, -0.25) is 14.3 Å². The van der Waals surface area contributed by atoms with Crippen LogP contribution in [0.2, 0.25) is 0 Å². The highest BCUT2D eigenvalue weighted by molar-refractivity contribution is 5.91. The van der Waals surface area contributed by atoms with Gasteiger partial charge in [0.15, 0.2) is 0 Å². The van der Waals surface area contributed by atoms with Crippen LogP contribution in [0.25, 0.3) is 17.1 Å². The Labute approximate surface area is 181 Å². The highest BCUT2D eigenvalue weighted by Gasteiger charge is 2.23. The highest BCUT2D eigenvalue weighted by atomic mass is 16.2. The van der Waals surface area contributed by atoms with E-state index in [9.17, 15) is 9.59 Å². The maximum absolute atomic E-state index is 12.4. The molecule has 0 bridgehead atoms. The van der Waals surface area contributed by atoms with Crippen molar-refractivity contribution >= 4 is 23.0 Å². The number of carbonyl (C=O) groups excluding carboxylic acids is 1. The molecule has 0 radical (unpaired) electrons. The van der Waals surface area contributed by atoms with Gasteiger partial charge in [-0.15, -0.1) is 0 Å². The van der Waals surface area contributed by atoms with Gasteiger partial charge >= 0.3 is 5.69 Å². The van der Waals surface area contributed by atoms with E-state index in [4.69, 9.17) is 0 Å². The predicted molar refractivity (Wildman–Crippen MR) is 123 cm³/mol. The van der Waals surface area contributed by atoms with Gasteiger partial charge in [0.1, 0.15) is 0 Å². The van der Waals surface area contributed by atoms with Crippen LogP contribution in [0.5, 0.6) is 0 Å². The number of H-pyrrole nitrogens is 1. The van der Waals surface area contributed by atoms with Crippen molar-refractivity contribution in [2.45, 2.75) is 31.7 Å². The second-order valence-corrected chi connectivity index (χ2v) is 8.01. The number of para-hydroxylation sites is 2. The Kier molecular flexibility index (Phi) is 6.94. The number of piperidine rings is 1. The number of hydrogen-bond donors (Lipinski definition) is 2. The van der Waals surface area contributed by atoms with Crippen molar-refractivity contribution in [2.24, 2.45) is 0 Å². The third-order valence-electron chi connectivity index (χ3n) is 5.86. The number of pyridine rings is 1. The van der Waals surface area contributed by atoms with Crippen LogP contribution in [0.1, 0.15) is 37.3 Å². The molecule has 3 heterocycles. The largest absolute Gasteiger partial charge is 0.353 e. The van der Waals surface area contributed by atoms with Crippen molar-refractivity contribution in [3.63, 3.8) is 0 Å². The second kappa shape index (κ2) is 10.2. The number of rotatable bonds is 8.